The third kappa shape index (κ3) is 6.35. The minimum Gasteiger partial charge on any atom is -0.357 e. The van der Waals surface area contributed by atoms with E-state index in [2.05, 4.69) is 55.0 Å². The van der Waals surface area contributed by atoms with Gasteiger partial charge in [-0.2, -0.15) is 5.10 Å². The maximum atomic E-state index is 4.64. The summed E-state index contributed by atoms with van der Waals surface area (Å²) < 4.78 is 3.79. The van der Waals surface area contributed by atoms with Crippen LogP contribution in [0.4, 0.5) is 0 Å². The molecule has 0 aliphatic heterocycles. The van der Waals surface area contributed by atoms with Crippen LogP contribution in [0.25, 0.3) is 0 Å². The van der Waals surface area contributed by atoms with Crippen LogP contribution in [0.5, 0.6) is 0 Å². The van der Waals surface area contributed by atoms with Crippen molar-refractivity contribution >= 4 is 29.9 Å². The van der Waals surface area contributed by atoms with Crippen LogP contribution >= 0.6 is 24.0 Å². The van der Waals surface area contributed by atoms with Crippen LogP contribution in [0.15, 0.2) is 54.3 Å². The Morgan fingerprint density at radius 1 is 1.15 bits per heavy atom. The predicted molar refractivity (Wildman–Crippen MR) is 116 cm³/mol. The van der Waals surface area contributed by atoms with Crippen molar-refractivity contribution in [1.82, 2.24) is 34.9 Å². The Kier molecular flexibility index (Phi) is 8.24. The Morgan fingerprint density at radius 3 is 2.56 bits per heavy atom. The normalized spacial score (nSPS) is 11.1. The zero-order valence-corrected chi connectivity index (χ0v) is 17.9. The zero-order chi connectivity index (χ0) is 18.2. The average Bonchev–Trinajstić information content (AvgIpc) is 3.30. The topological polar surface area (TPSA) is 84.9 Å². The highest BCUT2D eigenvalue weighted by Gasteiger charge is 2.03. The quantitative estimate of drug-likeness (QED) is 0.307. The molecule has 0 aliphatic rings. The number of nitrogens with zero attached hydrogens (tertiary/aromatic N) is 6. The summed E-state index contributed by atoms with van der Waals surface area (Å²) in [6.07, 6.45) is 7.12. The van der Waals surface area contributed by atoms with Gasteiger partial charge in [-0.15, -0.1) is 24.0 Å². The molecule has 0 bridgehead atoms. The fourth-order valence-corrected chi connectivity index (χ4v) is 2.50. The number of benzene rings is 1. The minimum absolute atomic E-state index is 0. The highest BCUT2D eigenvalue weighted by atomic mass is 127. The van der Waals surface area contributed by atoms with Gasteiger partial charge in [-0.25, -0.2) is 15.0 Å². The third-order valence-electron chi connectivity index (χ3n) is 3.93. The van der Waals surface area contributed by atoms with Crippen LogP contribution in [-0.2, 0) is 26.7 Å². The average molecular weight is 480 g/mol. The molecule has 0 unspecified atom stereocenters. The van der Waals surface area contributed by atoms with E-state index < -0.39 is 0 Å². The van der Waals surface area contributed by atoms with Crippen molar-refractivity contribution in [2.45, 2.75) is 26.6 Å². The maximum absolute atomic E-state index is 4.64. The zero-order valence-electron chi connectivity index (χ0n) is 15.5. The van der Waals surface area contributed by atoms with E-state index in [-0.39, 0.29) is 24.0 Å². The van der Waals surface area contributed by atoms with Crippen LogP contribution < -0.4 is 10.6 Å². The van der Waals surface area contributed by atoms with E-state index in [9.17, 15) is 0 Å². The van der Waals surface area contributed by atoms with Crippen LogP contribution in [0, 0.1) is 0 Å². The fraction of sp³-hybridized carbons (Fsp3) is 0.333. The molecule has 2 heterocycles. The maximum Gasteiger partial charge on any atom is 0.191 e. The van der Waals surface area contributed by atoms with Crippen molar-refractivity contribution in [2.75, 3.05) is 6.54 Å². The molecule has 0 spiro atoms. The van der Waals surface area contributed by atoms with Crippen molar-refractivity contribution in [1.29, 1.82) is 0 Å². The molecular formula is C18H25IN8. The molecule has 2 N–H and O–H groups in total. The van der Waals surface area contributed by atoms with E-state index >= 15 is 0 Å². The standard InChI is InChI=1S/C18H24N8.HI/c1-3-20-18(22-11-17-23-13-24-25(17)2)21-10-15-4-6-16(7-5-15)12-26-9-8-19-14-26;/h4-9,13-14H,3,10-12H2,1-2H3,(H2,20,21,22);1H. The molecule has 0 saturated carbocycles. The smallest absolute Gasteiger partial charge is 0.191 e. The van der Waals surface area contributed by atoms with Gasteiger partial charge in [-0.1, -0.05) is 24.3 Å². The minimum atomic E-state index is 0. The molecule has 0 amide bonds. The van der Waals surface area contributed by atoms with E-state index in [1.54, 1.807) is 17.2 Å². The summed E-state index contributed by atoms with van der Waals surface area (Å²) in [5.74, 6) is 1.62. The van der Waals surface area contributed by atoms with Crippen molar-refractivity contribution in [3.8, 4) is 0 Å². The van der Waals surface area contributed by atoms with Crippen molar-refractivity contribution < 1.29 is 0 Å². The number of nitrogens with one attached hydrogen (secondary N) is 2. The lowest BCUT2D eigenvalue weighted by Crippen LogP contribution is -2.37. The second-order valence-electron chi connectivity index (χ2n) is 5.90. The summed E-state index contributed by atoms with van der Waals surface area (Å²) in [6, 6.07) is 8.49. The molecular weight excluding hydrogens is 455 g/mol. The molecule has 9 heteroatoms. The molecule has 3 rings (SSSR count). The molecule has 0 aliphatic carbocycles. The number of aryl methyl sites for hydroxylation is 1. The molecule has 0 fully saturated rings. The molecule has 27 heavy (non-hydrogen) atoms. The molecule has 144 valence electrons. The predicted octanol–water partition coefficient (Wildman–Crippen LogP) is 1.93. The van der Waals surface area contributed by atoms with Gasteiger partial charge in [0, 0.05) is 32.5 Å². The second kappa shape index (κ2) is 10.7. The van der Waals surface area contributed by atoms with E-state index in [1.807, 2.05) is 31.1 Å². The second-order valence-corrected chi connectivity index (χ2v) is 5.90. The number of rotatable bonds is 7. The van der Waals surface area contributed by atoms with Crippen LogP contribution in [-0.4, -0.2) is 36.8 Å². The molecule has 1 aromatic carbocycles. The first-order chi connectivity index (χ1) is 12.7. The summed E-state index contributed by atoms with van der Waals surface area (Å²) in [7, 11) is 1.87. The first-order valence-electron chi connectivity index (χ1n) is 8.63. The van der Waals surface area contributed by atoms with Gasteiger partial charge in [0.05, 0.1) is 19.4 Å². The van der Waals surface area contributed by atoms with Crippen LogP contribution in [0.1, 0.15) is 23.9 Å². The lowest BCUT2D eigenvalue weighted by atomic mass is 10.1. The van der Waals surface area contributed by atoms with Gasteiger partial charge in [0.25, 0.3) is 0 Å². The summed E-state index contributed by atoms with van der Waals surface area (Å²) >= 11 is 0. The van der Waals surface area contributed by atoms with Crippen molar-refractivity contribution in [2.24, 2.45) is 12.0 Å². The fourth-order valence-electron chi connectivity index (χ4n) is 2.50. The van der Waals surface area contributed by atoms with E-state index in [1.165, 1.54) is 5.56 Å². The Labute approximate surface area is 176 Å². The highest BCUT2D eigenvalue weighted by Crippen LogP contribution is 2.07. The number of aliphatic imine (C=N–C) groups is 1. The third-order valence-corrected chi connectivity index (χ3v) is 3.93. The lowest BCUT2D eigenvalue weighted by Gasteiger charge is -2.11. The van der Waals surface area contributed by atoms with Crippen molar-refractivity contribution in [3.05, 3.63) is 66.3 Å². The lowest BCUT2D eigenvalue weighted by molar-refractivity contribution is 0.673. The van der Waals surface area contributed by atoms with Gasteiger partial charge >= 0.3 is 0 Å². The Morgan fingerprint density at radius 2 is 1.93 bits per heavy atom. The molecule has 3 aromatic rings. The van der Waals surface area contributed by atoms with E-state index in [4.69, 9.17) is 0 Å². The van der Waals surface area contributed by atoms with E-state index in [0.717, 1.165) is 30.4 Å². The molecule has 0 radical (unpaired) electrons. The molecule has 2 aromatic heterocycles. The van der Waals surface area contributed by atoms with Crippen molar-refractivity contribution in [3.63, 3.8) is 0 Å². The van der Waals surface area contributed by atoms with Gasteiger partial charge in [0.2, 0.25) is 0 Å². The summed E-state index contributed by atoms with van der Waals surface area (Å²) in [5.41, 5.74) is 2.40. The Hall–Kier alpha value is -2.43. The first-order valence-corrected chi connectivity index (χ1v) is 8.63. The highest BCUT2D eigenvalue weighted by molar-refractivity contribution is 14.0. The molecule has 0 saturated heterocycles. The SMILES string of the molecule is CCNC(=NCc1ccc(Cn2ccnc2)cc1)NCc1ncnn1C.I. The number of halogens is 1. The monoisotopic (exact) mass is 480 g/mol. The van der Waals surface area contributed by atoms with Gasteiger partial charge in [0.15, 0.2) is 5.96 Å². The number of aromatic nitrogens is 5. The van der Waals surface area contributed by atoms with E-state index in [0.29, 0.717) is 13.1 Å². The summed E-state index contributed by atoms with van der Waals surface area (Å²) in [4.78, 5) is 12.9. The Balaban J connectivity index is 0.00000261. The molecule has 8 nitrogen and oxygen atoms in total. The number of imidazole rings is 1. The first kappa shape index (κ1) is 20.9. The number of guanidine groups is 1. The summed E-state index contributed by atoms with van der Waals surface area (Å²) in [5, 5.41) is 10.6. The largest absolute Gasteiger partial charge is 0.357 e. The van der Waals surface area contributed by atoms with Crippen LogP contribution in [0.2, 0.25) is 0 Å². The number of hydrogen-bond acceptors (Lipinski definition) is 4. The van der Waals surface area contributed by atoms with Gasteiger partial charge in [0.1, 0.15) is 12.2 Å². The Bertz CT molecular complexity index is 823. The van der Waals surface area contributed by atoms with Gasteiger partial charge < -0.3 is 15.2 Å². The van der Waals surface area contributed by atoms with Crippen LogP contribution in [0.3, 0.4) is 0 Å². The van der Waals surface area contributed by atoms with Gasteiger partial charge in [-0.05, 0) is 18.1 Å². The van der Waals surface area contributed by atoms with Gasteiger partial charge in [-0.3, -0.25) is 4.68 Å². The number of hydrogen-bond donors (Lipinski definition) is 2. The summed E-state index contributed by atoms with van der Waals surface area (Å²) in [6.45, 7) is 4.86. The molecule has 0 atom stereocenters.